The van der Waals surface area contributed by atoms with Gasteiger partial charge in [-0.3, -0.25) is 10.1 Å². The Morgan fingerprint density at radius 1 is 1.08 bits per heavy atom. The Morgan fingerprint density at radius 2 is 1.73 bits per heavy atom. The second-order valence-electron chi connectivity index (χ2n) is 6.80. The number of aryl methyl sites for hydroxylation is 1. The van der Waals surface area contributed by atoms with Gasteiger partial charge in [0.25, 0.3) is 0 Å². The molecule has 0 radical (unpaired) electrons. The fourth-order valence-corrected chi connectivity index (χ4v) is 4.89. The van der Waals surface area contributed by atoms with Crippen molar-refractivity contribution in [2.45, 2.75) is 25.4 Å². The van der Waals surface area contributed by atoms with Crippen LogP contribution in [0.5, 0.6) is 0 Å². The molecular weight excluding hydrogens is 348 g/mol. The molecule has 6 heteroatoms. The molecule has 1 aliphatic heterocycles. The third-order valence-corrected chi connectivity index (χ3v) is 6.38. The summed E-state index contributed by atoms with van der Waals surface area (Å²) in [5.74, 6) is 0.0142. The summed E-state index contributed by atoms with van der Waals surface area (Å²) in [6, 6.07) is 17.8. The van der Waals surface area contributed by atoms with Crippen LogP contribution in [0.3, 0.4) is 0 Å². The number of carbonyl (C=O) groups is 1. The molecule has 5 nitrogen and oxygen atoms in total. The Bertz CT molecular complexity index is 848. The number of rotatable bonds is 6. The number of carbonyl (C=O) groups excluding carboxylic acids is 1. The summed E-state index contributed by atoms with van der Waals surface area (Å²) in [6.07, 6.45) is 0.494. The molecule has 1 aliphatic rings. The van der Waals surface area contributed by atoms with Gasteiger partial charge in [-0.05, 0) is 24.5 Å². The maximum Gasteiger partial charge on any atom is 0.234 e. The van der Waals surface area contributed by atoms with Crippen molar-refractivity contribution in [2.24, 2.45) is 0 Å². The van der Waals surface area contributed by atoms with Crippen LogP contribution in [0.4, 0.5) is 0 Å². The molecule has 2 aromatic rings. The number of nitrogens with one attached hydrogen (secondary N) is 2. The van der Waals surface area contributed by atoms with Crippen molar-refractivity contribution in [2.75, 3.05) is 18.1 Å². The predicted molar refractivity (Wildman–Crippen MR) is 103 cm³/mol. The van der Waals surface area contributed by atoms with E-state index in [0.717, 1.165) is 11.1 Å². The van der Waals surface area contributed by atoms with Crippen molar-refractivity contribution in [3.63, 3.8) is 0 Å². The van der Waals surface area contributed by atoms with Gasteiger partial charge in [0.15, 0.2) is 9.84 Å². The lowest BCUT2D eigenvalue weighted by Crippen LogP contribution is -2.42. The summed E-state index contributed by atoms with van der Waals surface area (Å²) >= 11 is 0. The quantitative estimate of drug-likeness (QED) is 0.813. The van der Waals surface area contributed by atoms with Crippen molar-refractivity contribution in [3.8, 4) is 0 Å². The van der Waals surface area contributed by atoms with Crippen LogP contribution in [0.25, 0.3) is 0 Å². The van der Waals surface area contributed by atoms with Crippen molar-refractivity contribution in [1.29, 1.82) is 0 Å². The summed E-state index contributed by atoms with van der Waals surface area (Å²) in [5.41, 5.74) is 3.34. The number of amides is 1. The van der Waals surface area contributed by atoms with E-state index in [1.54, 1.807) is 0 Å². The van der Waals surface area contributed by atoms with Gasteiger partial charge in [-0.25, -0.2) is 8.42 Å². The van der Waals surface area contributed by atoms with Crippen LogP contribution in [0.2, 0.25) is 0 Å². The molecule has 2 atom stereocenters. The van der Waals surface area contributed by atoms with E-state index in [9.17, 15) is 13.2 Å². The normalized spacial score (nSPS) is 19.8. The van der Waals surface area contributed by atoms with Crippen LogP contribution in [0.15, 0.2) is 54.6 Å². The van der Waals surface area contributed by atoms with Gasteiger partial charge < -0.3 is 5.32 Å². The second-order valence-corrected chi connectivity index (χ2v) is 9.03. The molecule has 3 rings (SSSR count). The van der Waals surface area contributed by atoms with Crippen LogP contribution >= 0.6 is 0 Å². The van der Waals surface area contributed by atoms with Gasteiger partial charge >= 0.3 is 0 Å². The van der Waals surface area contributed by atoms with Gasteiger partial charge in [0.1, 0.15) is 0 Å². The average molecular weight is 372 g/mol. The molecule has 0 aromatic heterocycles. The number of hydrogen-bond donors (Lipinski definition) is 2. The maximum atomic E-state index is 12.3. The predicted octanol–water partition coefficient (Wildman–Crippen LogP) is 1.98. The molecule has 138 valence electrons. The van der Waals surface area contributed by atoms with Gasteiger partial charge in [0.05, 0.1) is 24.1 Å². The average Bonchev–Trinajstić information content (AvgIpc) is 2.96. The van der Waals surface area contributed by atoms with Crippen molar-refractivity contribution in [1.82, 2.24) is 10.6 Å². The Morgan fingerprint density at radius 3 is 2.35 bits per heavy atom. The zero-order valence-electron chi connectivity index (χ0n) is 14.8. The topological polar surface area (TPSA) is 75.3 Å². The molecule has 2 N–H and O–H groups in total. The molecule has 0 bridgehead atoms. The van der Waals surface area contributed by atoms with Gasteiger partial charge in [0.2, 0.25) is 5.91 Å². The standard InChI is InChI=1S/C20H24N2O3S/c1-15-7-9-17(10-8-15)20(16-5-3-2-4-6-16)21-13-19(23)22-18-11-12-26(24,25)14-18/h2-10,18,20-21H,11-14H2,1H3,(H,22,23)/t18-,20+/m0/s1. The minimum Gasteiger partial charge on any atom is -0.351 e. The van der Waals surface area contributed by atoms with E-state index >= 15 is 0 Å². The highest BCUT2D eigenvalue weighted by Crippen LogP contribution is 2.22. The van der Waals surface area contributed by atoms with Gasteiger partial charge in [-0.15, -0.1) is 0 Å². The molecule has 0 spiro atoms. The van der Waals surface area contributed by atoms with Crippen LogP contribution in [0, 0.1) is 6.92 Å². The van der Waals surface area contributed by atoms with E-state index in [-0.39, 0.29) is 36.0 Å². The van der Waals surface area contributed by atoms with E-state index in [1.807, 2.05) is 37.3 Å². The monoisotopic (exact) mass is 372 g/mol. The number of hydrogen-bond acceptors (Lipinski definition) is 4. The second kappa shape index (κ2) is 8.01. The zero-order chi connectivity index (χ0) is 18.6. The number of benzene rings is 2. The Kier molecular flexibility index (Phi) is 5.74. The molecule has 0 saturated carbocycles. The first-order valence-corrected chi connectivity index (χ1v) is 10.6. The van der Waals surface area contributed by atoms with E-state index < -0.39 is 9.84 Å². The lowest BCUT2D eigenvalue weighted by Gasteiger charge is -2.20. The molecule has 2 aromatic carbocycles. The van der Waals surface area contributed by atoms with Crippen LogP contribution in [-0.4, -0.2) is 38.4 Å². The first kappa shape index (κ1) is 18.6. The van der Waals surface area contributed by atoms with Crippen LogP contribution in [0.1, 0.15) is 29.2 Å². The fourth-order valence-electron chi connectivity index (χ4n) is 3.21. The highest BCUT2D eigenvalue weighted by atomic mass is 32.2. The molecule has 1 saturated heterocycles. The van der Waals surface area contributed by atoms with E-state index in [1.165, 1.54) is 5.56 Å². The first-order valence-electron chi connectivity index (χ1n) is 8.78. The largest absolute Gasteiger partial charge is 0.351 e. The van der Waals surface area contributed by atoms with E-state index in [4.69, 9.17) is 0 Å². The lowest BCUT2D eigenvalue weighted by molar-refractivity contribution is -0.120. The van der Waals surface area contributed by atoms with E-state index in [2.05, 4.69) is 34.9 Å². The van der Waals surface area contributed by atoms with Crippen molar-refractivity contribution >= 4 is 15.7 Å². The minimum absolute atomic E-state index is 0.0405. The first-order chi connectivity index (χ1) is 12.4. The maximum absolute atomic E-state index is 12.3. The SMILES string of the molecule is Cc1ccc([C@H](NCC(=O)N[C@H]2CCS(=O)(=O)C2)c2ccccc2)cc1. The third kappa shape index (κ3) is 4.93. The van der Waals surface area contributed by atoms with Crippen molar-refractivity contribution in [3.05, 3.63) is 71.3 Å². The molecule has 0 aliphatic carbocycles. The Labute approximate surface area is 154 Å². The molecular formula is C20H24N2O3S. The summed E-state index contributed by atoms with van der Waals surface area (Å²) in [4.78, 5) is 12.3. The van der Waals surface area contributed by atoms with Gasteiger partial charge in [-0.2, -0.15) is 0 Å². The summed E-state index contributed by atoms with van der Waals surface area (Å²) in [6.45, 7) is 2.17. The molecule has 1 fully saturated rings. The van der Waals surface area contributed by atoms with Crippen LogP contribution < -0.4 is 10.6 Å². The highest BCUT2D eigenvalue weighted by molar-refractivity contribution is 7.91. The van der Waals surface area contributed by atoms with Gasteiger partial charge in [-0.1, -0.05) is 60.2 Å². The summed E-state index contributed by atoms with van der Waals surface area (Å²) in [5, 5.41) is 6.13. The third-order valence-electron chi connectivity index (χ3n) is 4.61. The minimum atomic E-state index is -3.00. The zero-order valence-corrected chi connectivity index (χ0v) is 15.6. The smallest absolute Gasteiger partial charge is 0.234 e. The van der Waals surface area contributed by atoms with Crippen molar-refractivity contribution < 1.29 is 13.2 Å². The number of sulfone groups is 1. The molecule has 26 heavy (non-hydrogen) atoms. The summed E-state index contributed by atoms with van der Waals surface area (Å²) < 4.78 is 23.0. The molecule has 1 amide bonds. The lowest BCUT2D eigenvalue weighted by atomic mass is 9.98. The summed E-state index contributed by atoms with van der Waals surface area (Å²) in [7, 11) is -3.00. The fraction of sp³-hybridized carbons (Fsp3) is 0.350. The Balaban J connectivity index is 1.66. The van der Waals surface area contributed by atoms with Crippen LogP contribution in [-0.2, 0) is 14.6 Å². The molecule has 0 unspecified atom stereocenters. The Hall–Kier alpha value is -2.18. The van der Waals surface area contributed by atoms with E-state index in [0.29, 0.717) is 6.42 Å². The highest BCUT2D eigenvalue weighted by Gasteiger charge is 2.29. The van der Waals surface area contributed by atoms with Gasteiger partial charge in [0, 0.05) is 6.04 Å². The molecule has 1 heterocycles.